The molecule has 0 saturated carbocycles. The smallest absolute Gasteiger partial charge is 0.153 e. The van der Waals surface area contributed by atoms with Gasteiger partial charge in [-0.25, -0.2) is 0 Å². The van der Waals surface area contributed by atoms with Gasteiger partial charge in [0.15, 0.2) is 5.82 Å². The van der Waals surface area contributed by atoms with Crippen molar-refractivity contribution in [3.63, 3.8) is 0 Å². The lowest BCUT2D eigenvalue weighted by Crippen LogP contribution is -2.25. The van der Waals surface area contributed by atoms with Crippen LogP contribution in [0.2, 0.25) is 0 Å². The van der Waals surface area contributed by atoms with E-state index in [9.17, 15) is 0 Å². The average Bonchev–Trinajstić information content (AvgIpc) is 1.59. The first-order chi connectivity index (χ1) is 51.6. The number of benzene rings is 3. The summed E-state index contributed by atoms with van der Waals surface area (Å²) >= 11 is 5.46. The molecule has 0 aliphatic heterocycles. The van der Waals surface area contributed by atoms with Crippen molar-refractivity contribution >= 4 is 29.8 Å². The van der Waals surface area contributed by atoms with E-state index in [1.807, 2.05) is 127 Å². The van der Waals surface area contributed by atoms with Crippen molar-refractivity contribution < 1.29 is 0 Å². The van der Waals surface area contributed by atoms with Gasteiger partial charge in [0.05, 0.1) is 0 Å². The molecule has 6 N–H and O–H groups in total. The molecule has 468 valence electrons. The summed E-state index contributed by atoms with van der Waals surface area (Å²) in [5.74, 6) is 1.21. The molecule has 0 atom stereocenters. The van der Waals surface area contributed by atoms with E-state index in [0.717, 1.165) is 11.1 Å². The maximum absolute atomic E-state index is 5.46. The van der Waals surface area contributed by atoms with Crippen LogP contribution in [0.4, 0.5) is 0 Å². The SMILES string of the molecule is C.C=C=C=C=C=C=C=C=C=C=C=C=C=C=C=C=C=C=C=C=C=C=C=C=C=C=C=C=C=C=C=C=C=C=C=C(N)N.C=C=C=C=C=C=C=C=C=C=C=C=C=C=C=C=C=C=C=C=C=C=C=C=C=C=C=C=C=C=C=C=C=C=C=C(NC/C=C/c1ccccc1)NC/C=C/c1ccccc1.ClC/C=C/c1ccccc1. The van der Waals surface area contributed by atoms with Crippen molar-refractivity contribution in [1.29, 1.82) is 0 Å². The molecule has 0 aliphatic rings. The fraction of sp³-hybridized carbons (Fsp3) is 0.0400. The van der Waals surface area contributed by atoms with Crippen LogP contribution in [0.1, 0.15) is 24.1 Å². The minimum atomic E-state index is -0.0150. The van der Waals surface area contributed by atoms with Gasteiger partial charge in [-0.05, 0) is 225 Å². The van der Waals surface area contributed by atoms with Crippen molar-refractivity contribution in [3.05, 3.63) is 540 Å². The Morgan fingerprint density at radius 1 is 0.257 bits per heavy atom. The van der Waals surface area contributed by atoms with Crippen LogP contribution in [0.5, 0.6) is 0 Å². The zero-order valence-corrected chi connectivity index (χ0v) is 55.4. The molecule has 0 heterocycles. The third-order valence-corrected chi connectivity index (χ3v) is 8.84. The van der Waals surface area contributed by atoms with Crippen LogP contribution >= 0.6 is 11.6 Å². The highest BCUT2D eigenvalue weighted by Crippen LogP contribution is 2.02. The number of halogens is 1. The Kier molecular flexibility index (Phi) is 60.5. The number of hydrogen-bond donors (Lipinski definition) is 4. The molecule has 0 aromatic heterocycles. The second-order valence-electron chi connectivity index (χ2n) is 15.8. The van der Waals surface area contributed by atoms with Crippen molar-refractivity contribution in [1.82, 2.24) is 10.6 Å². The Hall–Kier alpha value is -19.1. The molecule has 0 unspecified atom stereocenters. The zero-order chi connectivity index (χ0) is 74.4. The number of nitrogens with one attached hydrogen (secondary N) is 2. The maximum atomic E-state index is 5.46. The highest BCUT2D eigenvalue weighted by molar-refractivity contribution is 6.19. The van der Waals surface area contributed by atoms with E-state index in [-0.39, 0.29) is 13.2 Å². The van der Waals surface area contributed by atoms with E-state index in [4.69, 9.17) is 23.1 Å². The molecular weight excluding hydrogens is 1290 g/mol. The topological polar surface area (TPSA) is 76.1 Å². The Bertz CT molecular complexity index is 6810. The first-order valence-electron chi connectivity index (χ1n) is 28.6. The fourth-order valence-corrected chi connectivity index (χ4v) is 4.99. The third kappa shape index (κ3) is 67.6. The number of rotatable bonds is 10. The van der Waals surface area contributed by atoms with Crippen LogP contribution in [0.15, 0.2) is 524 Å². The molecule has 0 spiro atoms. The van der Waals surface area contributed by atoms with Crippen molar-refractivity contribution in [2.45, 2.75) is 7.43 Å². The minimum Gasteiger partial charge on any atom is -0.379 e. The van der Waals surface area contributed by atoms with Gasteiger partial charge in [-0.1, -0.05) is 146 Å². The second kappa shape index (κ2) is 73.9. The van der Waals surface area contributed by atoms with Gasteiger partial charge < -0.3 is 22.1 Å². The molecular formula is C100H41ClN4. The van der Waals surface area contributed by atoms with Crippen LogP contribution in [0.3, 0.4) is 0 Å². The van der Waals surface area contributed by atoms with E-state index in [1.165, 1.54) is 5.56 Å². The predicted octanol–water partition coefficient (Wildman–Crippen LogP) is 17.6. The molecule has 3 aromatic carbocycles. The van der Waals surface area contributed by atoms with Gasteiger partial charge in [0.1, 0.15) is 5.82 Å². The van der Waals surface area contributed by atoms with Gasteiger partial charge in [-0.2, -0.15) is 0 Å². The molecule has 0 radical (unpaired) electrons. The van der Waals surface area contributed by atoms with Crippen LogP contribution in [0, 0.1) is 0 Å². The predicted molar refractivity (Wildman–Crippen MR) is 405 cm³/mol. The largest absolute Gasteiger partial charge is 0.379 e. The van der Waals surface area contributed by atoms with Crippen molar-refractivity contribution in [2.24, 2.45) is 11.5 Å². The Morgan fingerprint density at radius 3 is 0.610 bits per heavy atom. The van der Waals surface area contributed by atoms with Crippen molar-refractivity contribution in [3.8, 4) is 0 Å². The molecule has 3 aromatic rings. The van der Waals surface area contributed by atoms with Crippen LogP contribution in [-0.2, 0) is 0 Å². The Morgan fingerprint density at radius 2 is 0.429 bits per heavy atom. The number of hydrogen-bond acceptors (Lipinski definition) is 4. The zero-order valence-electron chi connectivity index (χ0n) is 54.7. The molecule has 0 saturated heterocycles. The Labute approximate surface area is 614 Å². The molecule has 5 heteroatoms. The first-order valence-corrected chi connectivity index (χ1v) is 29.1. The lowest BCUT2D eigenvalue weighted by Gasteiger charge is -2.07. The summed E-state index contributed by atoms with van der Waals surface area (Å²) in [6, 6.07) is 30.2. The molecule has 4 nitrogen and oxygen atoms in total. The molecule has 0 bridgehead atoms. The fourth-order valence-electron chi connectivity index (χ4n) is 4.90. The molecule has 0 fully saturated rings. The van der Waals surface area contributed by atoms with Crippen molar-refractivity contribution in [2.75, 3.05) is 19.0 Å². The molecule has 0 amide bonds. The number of nitrogens with two attached hydrogens (primary N) is 2. The van der Waals surface area contributed by atoms with E-state index < -0.39 is 0 Å². The molecule has 105 heavy (non-hydrogen) atoms. The van der Waals surface area contributed by atoms with Gasteiger partial charge in [0.2, 0.25) is 0 Å². The Balaban J connectivity index is 0.00000189. The quantitative estimate of drug-likeness (QED) is 0.121. The lowest BCUT2D eigenvalue weighted by atomic mass is 10.2. The normalized spacial score (nSPS) is 6.10. The summed E-state index contributed by atoms with van der Waals surface area (Å²) in [7, 11) is 0. The van der Waals surface area contributed by atoms with Gasteiger partial charge in [-0.15, -0.1) is 11.6 Å². The summed E-state index contributed by atoms with van der Waals surface area (Å²) in [6.07, 6.45) is 12.1. The van der Waals surface area contributed by atoms with Crippen LogP contribution < -0.4 is 22.1 Å². The average molecular weight is 1330 g/mol. The van der Waals surface area contributed by atoms with Gasteiger partial charge in [-0.3, -0.25) is 0 Å². The summed E-state index contributed by atoms with van der Waals surface area (Å²) in [5, 5.41) is 6.56. The lowest BCUT2D eigenvalue weighted by molar-refractivity contribution is 0.766. The highest BCUT2D eigenvalue weighted by Gasteiger charge is 1.91. The van der Waals surface area contributed by atoms with E-state index in [0.29, 0.717) is 24.8 Å². The van der Waals surface area contributed by atoms with E-state index in [1.54, 1.807) is 0 Å². The van der Waals surface area contributed by atoms with E-state index >= 15 is 0 Å². The highest BCUT2D eigenvalue weighted by atomic mass is 35.5. The van der Waals surface area contributed by atoms with E-state index in [2.05, 4.69) is 414 Å². The maximum Gasteiger partial charge on any atom is 0.153 e. The van der Waals surface area contributed by atoms with Crippen LogP contribution in [0.25, 0.3) is 18.2 Å². The van der Waals surface area contributed by atoms with Gasteiger partial charge >= 0.3 is 0 Å². The summed E-state index contributed by atoms with van der Waals surface area (Å²) < 4.78 is 0. The minimum absolute atomic E-state index is 0. The van der Waals surface area contributed by atoms with Crippen LogP contribution in [-0.4, -0.2) is 19.0 Å². The standard InChI is InChI=1S/C54H22N2.C36H6N2.C9H9Cl.CH4/c1-2-3-4-5-6-7-8-9-10-11-12-13-14-15-16-17-18-19-20-21-22-23-24-25-26-27-28-29-30-31-32-33-40-49-54(55-50-41-47-52-43-36-34-37-44-52)56-51-42-48-53-45-38-35-39-46-53;1-2-3-4-5-6-7-8-9-10-11-12-13-14-15-16-17-18-19-20-21-22-23-24-25-26-27-28-29-30-31-32-33-34-35-36(37)38;10-8-4-7-9-5-2-1-3-6-9;/h34-39,41-48,55-56H,1,50-51H2;1,37-38H2;1-7H,8H2;1H4/b47-41+,48-42+;;7-4+;. The van der Waals surface area contributed by atoms with Gasteiger partial charge in [0.25, 0.3) is 0 Å². The monoisotopic (exact) mass is 1330 g/mol. The second-order valence-corrected chi connectivity index (χ2v) is 16.1. The summed E-state index contributed by atoms with van der Waals surface area (Å²) in [6.45, 7) is 7.81. The number of alkyl halides is 1. The number of allylic oxidation sites excluding steroid dienone is 1. The summed E-state index contributed by atoms with van der Waals surface area (Å²) in [5.41, 5.74) is 185. The first kappa shape index (κ1) is 85.9. The third-order valence-electron chi connectivity index (χ3n) is 8.66. The molecule has 3 rings (SSSR count). The molecule has 0 aliphatic carbocycles. The summed E-state index contributed by atoms with van der Waals surface area (Å²) in [4.78, 5) is 0. The van der Waals surface area contributed by atoms with Gasteiger partial charge in [0, 0.05) is 202 Å².